The average Bonchev–Trinajstić information content (AvgIpc) is 2.37. The summed E-state index contributed by atoms with van der Waals surface area (Å²) >= 11 is 5.38. The monoisotopic (exact) mass is 329 g/mol. The fraction of sp³-hybridized carbons (Fsp3) is 0.462. The largest absolute Gasteiger partial charge is 0.372 e. The van der Waals surface area contributed by atoms with Crippen molar-refractivity contribution in [3.05, 3.63) is 24.3 Å². The third-order valence-corrected chi connectivity index (χ3v) is 4.43. The second-order valence-electron chi connectivity index (χ2n) is 5.16. The first-order valence-electron chi connectivity index (χ1n) is 6.60. The lowest BCUT2D eigenvalue weighted by molar-refractivity contribution is -0.0473. The van der Waals surface area contributed by atoms with Crippen LogP contribution in [0.4, 0.5) is 5.69 Å². The smallest absolute Gasteiger partial charge is 0.238 e. The minimum absolute atomic E-state index is 0.0765. The van der Waals surface area contributed by atoms with Crippen LogP contribution in [-0.2, 0) is 14.8 Å². The molecular formula is C13H19N3O3S2. The highest BCUT2D eigenvalue weighted by Crippen LogP contribution is 2.16. The summed E-state index contributed by atoms with van der Waals surface area (Å²) in [6.45, 7) is 5.47. The third-order valence-electron chi connectivity index (χ3n) is 3.14. The maximum atomic E-state index is 11.2. The molecule has 0 spiro atoms. The molecule has 0 radical (unpaired) electrons. The molecule has 0 aromatic heterocycles. The van der Waals surface area contributed by atoms with Gasteiger partial charge in [0.15, 0.2) is 5.11 Å². The lowest BCUT2D eigenvalue weighted by Crippen LogP contribution is -2.49. The zero-order chi connectivity index (χ0) is 15.6. The predicted octanol–water partition coefficient (Wildman–Crippen LogP) is 1.14. The molecule has 0 unspecified atom stereocenters. The van der Waals surface area contributed by atoms with Crippen LogP contribution < -0.4 is 10.5 Å². The van der Waals surface area contributed by atoms with Crippen LogP contribution in [-0.4, -0.2) is 43.7 Å². The van der Waals surface area contributed by atoms with Gasteiger partial charge in [0, 0.05) is 18.8 Å². The Morgan fingerprint density at radius 2 is 1.81 bits per heavy atom. The Morgan fingerprint density at radius 1 is 1.29 bits per heavy atom. The minimum Gasteiger partial charge on any atom is -0.372 e. The molecule has 21 heavy (non-hydrogen) atoms. The molecule has 0 amide bonds. The highest BCUT2D eigenvalue weighted by molar-refractivity contribution is 7.89. The average molecular weight is 329 g/mol. The number of rotatable bonds is 2. The number of nitrogens with zero attached hydrogens (tertiary/aromatic N) is 1. The number of ether oxygens (including phenoxy) is 1. The van der Waals surface area contributed by atoms with Gasteiger partial charge in [0.05, 0.1) is 17.1 Å². The molecule has 3 N–H and O–H groups in total. The number of anilines is 1. The summed E-state index contributed by atoms with van der Waals surface area (Å²) in [5.41, 5.74) is 0.721. The van der Waals surface area contributed by atoms with Gasteiger partial charge < -0.3 is 15.0 Å². The molecule has 1 heterocycles. The predicted molar refractivity (Wildman–Crippen MR) is 85.6 cm³/mol. The molecule has 2 rings (SSSR count). The SMILES string of the molecule is C[C@@H]1CN(C(=S)Nc2ccc(S(N)(=O)=O)cc2)C[C@@H](C)O1. The highest BCUT2D eigenvalue weighted by atomic mass is 32.2. The van der Waals surface area contributed by atoms with E-state index in [0.29, 0.717) is 5.11 Å². The summed E-state index contributed by atoms with van der Waals surface area (Å²) in [6, 6.07) is 6.17. The molecule has 0 saturated carbocycles. The second-order valence-corrected chi connectivity index (χ2v) is 7.11. The molecule has 1 aliphatic rings. The zero-order valence-corrected chi connectivity index (χ0v) is 13.6. The lowest BCUT2D eigenvalue weighted by atomic mass is 10.2. The molecule has 1 aliphatic heterocycles. The van der Waals surface area contributed by atoms with Crippen molar-refractivity contribution in [1.29, 1.82) is 0 Å². The van der Waals surface area contributed by atoms with Crippen LogP contribution in [0.3, 0.4) is 0 Å². The van der Waals surface area contributed by atoms with E-state index < -0.39 is 10.0 Å². The number of primary sulfonamides is 1. The fourth-order valence-electron chi connectivity index (χ4n) is 2.27. The van der Waals surface area contributed by atoms with E-state index in [1.165, 1.54) is 12.1 Å². The molecule has 1 aromatic rings. The van der Waals surface area contributed by atoms with E-state index in [4.69, 9.17) is 22.1 Å². The number of sulfonamides is 1. The number of morpholine rings is 1. The highest BCUT2D eigenvalue weighted by Gasteiger charge is 2.23. The van der Waals surface area contributed by atoms with E-state index in [1.807, 2.05) is 18.7 Å². The third kappa shape index (κ3) is 4.37. The number of nitrogens with one attached hydrogen (secondary N) is 1. The first kappa shape index (κ1) is 16.2. The van der Waals surface area contributed by atoms with Gasteiger partial charge in [-0.3, -0.25) is 0 Å². The van der Waals surface area contributed by atoms with E-state index in [1.54, 1.807) is 12.1 Å². The molecule has 0 bridgehead atoms. The van der Waals surface area contributed by atoms with Crippen LogP contribution in [0, 0.1) is 0 Å². The van der Waals surface area contributed by atoms with Gasteiger partial charge in [0.1, 0.15) is 0 Å². The van der Waals surface area contributed by atoms with Crippen LogP contribution in [0.5, 0.6) is 0 Å². The first-order chi connectivity index (χ1) is 9.75. The number of benzene rings is 1. The Labute approximate surface area is 130 Å². The Kier molecular flexibility index (Phi) is 4.82. The van der Waals surface area contributed by atoms with Crippen molar-refractivity contribution in [2.45, 2.75) is 31.0 Å². The molecule has 1 saturated heterocycles. The number of nitrogens with two attached hydrogens (primary N) is 1. The van der Waals surface area contributed by atoms with E-state index in [2.05, 4.69) is 5.32 Å². The molecule has 8 heteroatoms. The van der Waals surface area contributed by atoms with Crippen molar-refractivity contribution in [2.75, 3.05) is 18.4 Å². The molecule has 2 atom stereocenters. The minimum atomic E-state index is -3.67. The standard InChI is InChI=1S/C13H19N3O3S2/c1-9-7-16(8-10(2)19-9)13(20)15-11-3-5-12(6-4-11)21(14,17)18/h3-6,9-10H,7-8H2,1-2H3,(H,15,20)(H2,14,17,18)/t9-,10-/m1/s1. The number of hydrogen-bond donors (Lipinski definition) is 2. The van der Waals surface area contributed by atoms with Crippen molar-refractivity contribution in [3.8, 4) is 0 Å². The van der Waals surface area contributed by atoms with Crippen molar-refractivity contribution in [3.63, 3.8) is 0 Å². The fourth-order valence-corrected chi connectivity index (χ4v) is 3.06. The zero-order valence-electron chi connectivity index (χ0n) is 11.9. The van der Waals surface area contributed by atoms with Gasteiger partial charge in [-0.05, 0) is 50.3 Å². The van der Waals surface area contributed by atoms with Gasteiger partial charge >= 0.3 is 0 Å². The summed E-state index contributed by atoms with van der Waals surface area (Å²) in [6.07, 6.45) is 0.247. The summed E-state index contributed by atoms with van der Waals surface area (Å²) in [5, 5.41) is 8.75. The van der Waals surface area contributed by atoms with Crippen LogP contribution in [0.25, 0.3) is 0 Å². The van der Waals surface area contributed by atoms with Gasteiger partial charge in [-0.15, -0.1) is 0 Å². The number of hydrogen-bond acceptors (Lipinski definition) is 4. The Balaban J connectivity index is 2.03. The van der Waals surface area contributed by atoms with E-state index >= 15 is 0 Å². The molecule has 6 nitrogen and oxygen atoms in total. The van der Waals surface area contributed by atoms with E-state index in [9.17, 15) is 8.42 Å². The quantitative estimate of drug-likeness (QED) is 0.792. The molecule has 1 aromatic carbocycles. The van der Waals surface area contributed by atoms with Gasteiger partial charge in [-0.25, -0.2) is 13.6 Å². The van der Waals surface area contributed by atoms with Crippen molar-refractivity contribution in [2.24, 2.45) is 5.14 Å². The van der Waals surface area contributed by atoms with Crippen LogP contribution in [0.1, 0.15) is 13.8 Å². The van der Waals surface area contributed by atoms with Crippen LogP contribution in [0.2, 0.25) is 0 Å². The second kappa shape index (κ2) is 6.27. The maximum absolute atomic E-state index is 11.2. The van der Waals surface area contributed by atoms with Gasteiger partial charge in [0.25, 0.3) is 0 Å². The summed E-state index contributed by atoms with van der Waals surface area (Å²) < 4.78 is 28.1. The van der Waals surface area contributed by atoms with E-state index in [0.717, 1.165) is 18.8 Å². The molecule has 0 aliphatic carbocycles. The number of thiocarbonyl (C=S) groups is 1. The van der Waals surface area contributed by atoms with Crippen molar-refractivity contribution < 1.29 is 13.2 Å². The Morgan fingerprint density at radius 3 is 2.29 bits per heavy atom. The van der Waals surface area contributed by atoms with Gasteiger partial charge in [-0.1, -0.05) is 0 Å². The van der Waals surface area contributed by atoms with Crippen molar-refractivity contribution >= 4 is 33.0 Å². The Hall–Kier alpha value is -1.22. The summed E-state index contributed by atoms with van der Waals surface area (Å²) in [5.74, 6) is 0. The molecular weight excluding hydrogens is 310 g/mol. The Bertz CT molecular complexity index is 606. The van der Waals surface area contributed by atoms with Gasteiger partial charge in [-0.2, -0.15) is 0 Å². The summed E-state index contributed by atoms with van der Waals surface area (Å²) in [7, 11) is -3.67. The molecule has 1 fully saturated rings. The summed E-state index contributed by atoms with van der Waals surface area (Å²) in [4.78, 5) is 2.12. The van der Waals surface area contributed by atoms with Crippen molar-refractivity contribution in [1.82, 2.24) is 4.90 Å². The van der Waals surface area contributed by atoms with Crippen LogP contribution in [0.15, 0.2) is 29.2 Å². The normalized spacial score (nSPS) is 22.9. The van der Waals surface area contributed by atoms with E-state index in [-0.39, 0.29) is 17.1 Å². The lowest BCUT2D eigenvalue weighted by Gasteiger charge is -2.36. The topological polar surface area (TPSA) is 84.7 Å². The maximum Gasteiger partial charge on any atom is 0.238 e. The van der Waals surface area contributed by atoms with Crippen LogP contribution >= 0.6 is 12.2 Å². The first-order valence-corrected chi connectivity index (χ1v) is 8.55. The molecule has 116 valence electrons. The van der Waals surface area contributed by atoms with Gasteiger partial charge in [0.2, 0.25) is 10.0 Å².